The Balaban J connectivity index is 2.08. The maximum absolute atomic E-state index is 5.75. The predicted octanol–water partition coefficient (Wildman–Crippen LogP) is 1.90. The van der Waals surface area contributed by atoms with E-state index in [2.05, 4.69) is 27.5 Å². The summed E-state index contributed by atoms with van der Waals surface area (Å²) in [6.45, 7) is 6.47. The largest absolute Gasteiger partial charge is 0.490 e. The normalized spacial score (nSPS) is 22.3. The first kappa shape index (κ1) is 13.9. The van der Waals surface area contributed by atoms with Crippen LogP contribution >= 0.6 is 0 Å². The molecule has 106 valence electrons. The fourth-order valence-corrected chi connectivity index (χ4v) is 2.23. The first-order valence-electron chi connectivity index (χ1n) is 6.69. The maximum atomic E-state index is 5.75. The van der Waals surface area contributed by atoms with Gasteiger partial charge in [-0.25, -0.2) is 9.97 Å². The lowest BCUT2D eigenvalue weighted by Crippen LogP contribution is -2.32. The molecule has 1 aliphatic rings. The Morgan fingerprint density at radius 1 is 1.37 bits per heavy atom. The first-order chi connectivity index (χ1) is 9.18. The molecule has 0 aromatic carbocycles. The van der Waals surface area contributed by atoms with Gasteiger partial charge in [-0.05, 0) is 26.7 Å². The highest BCUT2D eigenvalue weighted by atomic mass is 16.5. The summed E-state index contributed by atoms with van der Waals surface area (Å²) < 4.78 is 11.1. The molecule has 1 fully saturated rings. The van der Waals surface area contributed by atoms with Gasteiger partial charge in [0.05, 0.1) is 12.7 Å². The smallest absolute Gasteiger partial charge is 0.204 e. The van der Waals surface area contributed by atoms with Gasteiger partial charge in [-0.15, -0.1) is 0 Å². The first-order valence-corrected chi connectivity index (χ1v) is 6.69. The molecule has 1 aliphatic heterocycles. The molecule has 6 nitrogen and oxygen atoms in total. The van der Waals surface area contributed by atoms with Crippen LogP contribution in [-0.4, -0.2) is 42.4 Å². The Morgan fingerprint density at radius 2 is 2.11 bits per heavy atom. The quantitative estimate of drug-likeness (QED) is 0.819. The summed E-state index contributed by atoms with van der Waals surface area (Å²) in [4.78, 5) is 8.42. The average molecular weight is 266 g/mol. The van der Waals surface area contributed by atoms with Crippen LogP contribution in [0.3, 0.4) is 0 Å². The van der Waals surface area contributed by atoms with Gasteiger partial charge in [-0.3, -0.25) is 0 Å². The van der Waals surface area contributed by atoms with Crippen molar-refractivity contribution in [2.24, 2.45) is 0 Å². The molecule has 2 rings (SSSR count). The SMILES string of the molecule is CCNc1ncnc(NCC2(C)CCCO2)c1OC. The molecule has 1 saturated heterocycles. The minimum atomic E-state index is -0.117. The summed E-state index contributed by atoms with van der Waals surface area (Å²) in [5.74, 6) is 2.05. The third-order valence-corrected chi connectivity index (χ3v) is 3.28. The number of hydrogen-bond acceptors (Lipinski definition) is 6. The van der Waals surface area contributed by atoms with E-state index in [1.54, 1.807) is 7.11 Å². The highest BCUT2D eigenvalue weighted by molar-refractivity contribution is 5.63. The van der Waals surface area contributed by atoms with Gasteiger partial charge in [0, 0.05) is 19.7 Å². The lowest BCUT2D eigenvalue weighted by atomic mass is 10.0. The van der Waals surface area contributed by atoms with Crippen molar-refractivity contribution in [2.45, 2.75) is 32.3 Å². The van der Waals surface area contributed by atoms with Crippen LogP contribution in [0.25, 0.3) is 0 Å². The molecule has 2 heterocycles. The van der Waals surface area contributed by atoms with Gasteiger partial charge < -0.3 is 20.1 Å². The van der Waals surface area contributed by atoms with Crippen LogP contribution < -0.4 is 15.4 Å². The maximum Gasteiger partial charge on any atom is 0.204 e. The van der Waals surface area contributed by atoms with Crippen LogP contribution in [-0.2, 0) is 4.74 Å². The van der Waals surface area contributed by atoms with Crippen molar-refractivity contribution in [3.05, 3.63) is 6.33 Å². The lowest BCUT2D eigenvalue weighted by Gasteiger charge is -2.24. The number of rotatable bonds is 6. The lowest BCUT2D eigenvalue weighted by molar-refractivity contribution is 0.0314. The number of methoxy groups -OCH3 is 1. The second-order valence-electron chi connectivity index (χ2n) is 4.89. The molecule has 0 radical (unpaired) electrons. The molecule has 1 unspecified atom stereocenters. The van der Waals surface area contributed by atoms with Crippen molar-refractivity contribution in [3.63, 3.8) is 0 Å². The fourth-order valence-electron chi connectivity index (χ4n) is 2.23. The van der Waals surface area contributed by atoms with E-state index in [0.717, 1.165) is 26.0 Å². The topological polar surface area (TPSA) is 68.3 Å². The monoisotopic (exact) mass is 266 g/mol. The van der Waals surface area contributed by atoms with E-state index in [1.807, 2.05) is 6.92 Å². The summed E-state index contributed by atoms with van der Waals surface area (Å²) in [6, 6.07) is 0. The number of anilines is 2. The number of hydrogen-bond donors (Lipinski definition) is 2. The minimum absolute atomic E-state index is 0.117. The number of nitrogens with zero attached hydrogens (tertiary/aromatic N) is 2. The Hall–Kier alpha value is -1.56. The summed E-state index contributed by atoms with van der Waals surface area (Å²) >= 11 is 0. The molecule has 0 aliphatic carbocycles. The highest BCUT2D eigenvalue weighted by Gasteiger charge is 2.30. The van der Waals surface area contributed by atoms with Crippen molar-refractivity contribution in [1.29, 1.82) is 0 Å². The Bertz CT molecular complexity index is 419. The molecule has 1 aromatic rings. The Labute approximate surface area is 113 Å². The summed E-state index contributed by atoms with van der Waals surface area (Å²) in [7, 11) is 1.62. The Kier molecular flexibility index (Phi) is 4.42. The van der Waals surface area contributed by atoms with Crippen LogP contribution in [0.2, 0.25) is 0 Å². The van der Waals surface area contributed by atoms with Crippen LogP contribution in [0.15, 0.2) is 6.33 Å². The molecule has 0 bridgehead atoms. The van der Waals surface area contributed by atoms with E-state index in [0.29, 0.717) is 23.9 Å². The van der Waals surface area contributed by atoms with Crippen LogP contribution in [0.4, 0.5) is 11.6 Å². The van der Waals surface area contributed by atoms with Gasteiger partial charge in [0.2, 0.25) is 5.75 Å². The molecule has 1 atom stereocenters. The predicted molar refractivity (Wildman–Crippen MR) is 74.8 cm³/mol. The third kappa shape index (κ3) is 3.26. The molecule has 2 N–H and O–H groups in total. The molecule has 19 heavy (non-hydrogen) atoms. The summed E-state index contributed by atoms with van der Waals surface area (Å²) in [5, 5.41) is 6.46. The zero-order valence-corrected chi connectivity index (χ0v) is 11.8. The molecule has 1 aromatic heterocycles. The van der Waals surface area contributed by atoms with Crippen LogP contribution in [0, 0.1) is 0 Å². The molecular weight excluding hydrogens is 244 g/mol. The number of ether oxygens (including phenoxy) is 2. The molecule has 0 saturated carbocycles. The van der Waals surface area contributed by atoms with Crippen LogP contribution in [0.1, 0.15) is 26.7 Å². The fraction of sp³-hybridized carbons (Fsp3) is 0.692. The second-order valence-corrected chi connectivity index (χ2v) is 4.89. The van der Waals surface area contributed by atoms with E-state index in [4.69, 9.17) is 9.47 Å². The summed E-state index contributed by atoms with van der Waals surface area (Å²) in [6.07, 6.45) is 3.70. The van der Waals surface area contributed by atoms with Gasteiger partial charge in [0.25, 0.3) is 0 Å². The summed E-state index contributed by atoms with van der Waals surface area (Å²) in [5.41, 5.74) is -0.117. The zero-order valence-electron chi connectivity index (χ0n) is 11.8. The number of aromatic nitrogens is 2. The van der Waals surface area contributed by atoms with Gasteiger partial charge in [-0.2, -0.15) is 0 Å². The molecule has 6 heteroatoms. The van der Waals surface area contributed by atoms with E-state index in [9.17, 15) is 0 Å². The molecule has 0 spiro atoms. The Morgan fingerprint density at radius 3 is 2.68 bits per heavy atom. The number of nitrogens with one attached hydrogen (secondary N) is 2. The average Bonchev–Trinajstić information content (AvgIpc) is 2.84. The van der Waals surface area contributed by atoms with Crippen LogP contribution in [0.5, 0.6) is 5.75 Å². The van der Waals surface area contributed by atoms with E-state index >= 15 is 0 Å². The van der Waals surface area contributed by atoms with E-state index < -0.39 is 0 Å². The van der Waals surface area contributed by atoms with Gasteiger partial charge >= 0.3 is 0 Å². The van der Waals surface area contributed by atoms with E-state index in [-0.39, 0.29) is 5.60 Å². The standard InChI is InChI=1S/C13H22N4O2/c1-4-14-11-10(18-3)12(17-9-16-11)15-8-13(2)6-5-7-19-13/h9H,4-8H2,1-3H3,(H2,14,15,16,17). The van der Waals surface area contributed by atoms with Gasteiger partial charge in [0.1, 0.15) is 6.33 Å². The van der Waals surface area contributed by atoms with Crippen molar-refractivity contribution in [1.82, 2.24) is 9.97 Å². The molecular formula is C13H22N4O2. The molecule has 0 amide bonds. The minimum Gasteiger partial charge on any atom is -0.490 e. The van der Waals surface area contributed by atoms with Crippen molar-refractivity contribution >= 4 is 11.6 Å². The third-order valence-electron chi connectivity index (χ3n) is 3.28. The van der Waals surface area contributed by atoms with Crippen molar-refractivity contribution in [3.8, 4) is 5.75 Å². The van der Waals surface area contributed by atoms with E-state index in [1.165, 1.54) is 6.33 Å². The van der Waals surface area contributed by atoms with Crippen molar-refractivity contribution < 1.29 is 9.47 Å². The highest BCUT2D eigenvalue weighted by Crippen LogP contribution is 2.31. The second kappa shape index (κ2) is 6.06. The van der Waals surface area contributed by atoms with Crippen molar-refractivity contribution in [2.75, 3.05) is 37.4 Å². The van der Waals surface area contributed by atoms with Gasteiger partial charge in [-0.1, -0.05) is 0 Å². The zero-order chi connectivity index (χ0) is 13.7. The van der Waals surface area contributed by atoms with Gasteiger partial charge in [0.15, 0.2) is 11.6 Å².